The van der Waals surface area contributed by atoms with Crippen LogP contribution in [0.5, 0.6) is 0 Å². The Hall–Kier alpha value is -2.08. The summed E-state index contributed by atoms with van der Waals surface area (Å²) in [6.07, 6.45) is 3.32. The average molecular weight is 330 g/mol. The first kappa shape index (κ1) is 16.8. The van der Waals surface area contributed by atoms with E-state index in [1.807, 2.05) is 33.7 Å². The van der Waals surface area contributed by atoms with Crippen LogP contribution in [0.25, 0.3) is 11.0 Å². The lowest BCUT2D eigenvalue weighted by Gasteiger charge is -2.39. The predicted octanol–water partition coefficient (Wildman–Crippen LogP) is 2.23. The van der Waals surface area contributed by atoms with Crippen LogP contribution in [0.15, 0.2) is 24.3 Å². The molecular formula is C18H26N4O2. The molecule has 2 heterocycles. The molecule has 1 aromatic carbocycles. The van der Waals surface area contributed by atoms with E-state index in [1.54, 1.807) is 0 Å². The third-order valence-electron chi connectivity index (χ3n) is 4.82. The van der Waals surface area contributed by atoms with Gasteiger partial charge in [0.15, 0.2) is 0 Å². The van der Waals surface area contributed by atoms with E-state index in [0.717, 1.165) is 23.9 Å². The van der Waals surface area contributed by atoms with Crippen molar-refractivity contribution in [3.05, 3.63) is 24.3 Å². The summed E-state index contributed by atoms with van der Waals surface area (Å²) in [5.74, 6) is 0.765. The van der Waals surface area contributed by atoms with Crippen molar-refractivity contribution >= 4 is 22.9 Å². The van der Waals surface area contributed by atoms with E-state index in [4.69, 9.17) is 5.11 Å². The highest BCUT2D eigenvalue weighted by Crippen LogP contribution is 2.25. The number of benzene rings is 1. The maximum atomic E-state index is 13.0. The lowest BCUT2D eigenvalue weighted by molar-refractivity contribution is -0.137. The van der Waals surface area contributed by atoms with Crippen molar-refractivity contribution in [3.63, 3.8) is 0 Å². The molecule has 1 aromatic heterocycles. The Kier molecular flexibility index (Phi) is 5.04. The van der Waals surface area contributed by atoms with Crippen molar-refractivity contribution in [1.29, 1.82) is 0 Å². The Bertz CT molecular complexity index is 702. The van der Waals surface area contributed by atoms with E-state index < -0.39 is 0 Å². The molecule has 1 amide bonds. The van der Waals surface area contributed by atoms with Crippen molar-refractivity contribution in [2.24, 2.45) is 0 Å². The summed E-state index contributed by atoms with van der Waals surface area (Å²) in [5.41, 5.74) is 1.79. The number of para-hydroxylation sites is 2. The van der Waals surface area contributed by atoms with E-state index in [9.17, 15) is 4.79 Å². The number of piperidine rings is 1. The van der Waals surface area contributed by atoms with Gasteiger partial charge in [-0.25, -0.2) is 4.98 Å². The largest absolute Gasteiger partial charge is 0.395 e. The third kappa shape index (κ3) is 3.24. The second-order valence-corrected chi connectivity index (χ2v) is 6.59. The van der Waals surface area contributed by atoms with Crippen molar-refractivity contribution in [2.45, 2.75) is 51.7 Å². The first-order valence-electron chi connectivity index (χ1n) is 8.73. The molecule has 6 heteroatoms. The topological polar surface area (TPSA) is 70.4 Å². The van der Waals surface area contributed by atoms with Crippen molar-refractivity contribution in [1.82, 2.24) is 14.5 Å². The Morgan fingerprint density at radius 2 is 2.00 bits per heavy atom. The minimum atomic E-state index is 0.0251. The Balaban J connectivity index is 1.89. The molecule has 24 heavy (non-hydrogen) atoms. The molecule has 0 saturated carbocycles. The highest BCUT2D eigenvalue weighted by molar-refractivity contribution is 5.83. The van der Waals surface area contributed by atoms with Gasteiger partial charge in [0, 0.05) is 18.6 Å². The zero-order valence-corrected chi connectivity index (χ0v) is 14.4. The number of rotatable bonds is 5. The minimum absolute atomic E-state index is 0.0251. The fourth-order valence-corrected chi connectivity index (χ4v) is 3.67. The molecule has 1 saturated heterocycles. The second kappa shape index (κ2) is 7.21. The summed E-state index contributed by atoms with van der Waals surface area (Å²) in [7, 11) is 0. The molecule has 3 rings (SSSR count). The Morgan fingerprint density at radius 1 is 1.29 bits per heavy atom. The smallest absolute Gasteiger partial charge is 0.243 e. The maximum Gasteiger partial charge on any atom is 0.243 e. The minimum Gasteiger partial charge on any atom is -0.395 e. The van der Waals surface area contributed by atoms with Crippen LogP contribution >= 0.6 is 0 Å². The first-order chi connectivity index (χ1) is 11.6. The number of amides is 1. The standard InChI is InChI=1S/C18H26N4O2/c1-13-6-5-7-14(2)22(13)17(24)12-21-16-9-4-3-8-15(16)20-18(21)19-10-11-23/h3-4,8-9,13-14,23H,5-7,10-12H2,1-2H3,(H,19,20). The number of imidazole rings is 1. The number of nitrogens with one attached hydrogen (secondary N) is 1. The number of likely N-dealkylation sites (tertiary alicyclic amines) is 1. The normalized spacial score (nSPS) is 21.2. The molecule has 0 bridgehead atoms. The summed E-state index contributed by atoms with van der Waals surface area (Å²) in [6.45, 7) is 4.96. The van der Waals surface area contributed by atoms with E-state index in [0.29, 0.717) is 12.5 Å². The van der Waals surface area contributed by atoms with Gasteiger partial charge < -0.3 is 19.9 Å². The summed E-state index contributed by atoms with van der Waals surface area (Å²) in [4.78, 5) is 19.5. The molecule has 6 nitrogen and oxygen atoms in total. The van der Waals surface area contributed by atoms with Crippen LogP contribution in [-0.4, -0.2) is 50.7 Å². The summed E-state index contributed by atoms with van der Waals surface area (Å²) >= 11 is 0. The maximum absolute atomic E-state index is 13.0. The monoisotopic (exact) mass is 330 g/mol. The zero-order chi connectivity index (χ0) is 17.1. The second-order valence-electron chi connectivity index (χ2n) is 6.59. The Morgan fingerprint density at radius 3 is 2.71 bits per heavy atom. The van der Waals surface area contributed by atoms with Crippen LogP contribution < -0.4 is 5.32 Å². The van der Waals surface area contributed by atoms with Gasteiger partial charge in [0.05, 0.1) is 17.6 Å². The van der Waals surface area contributed by atoms with Gasteiger partial charge in [0.25, 0.3) is 0 Å². The van der Waals surface area contributed by atoms with Crippen LogP contribution in [0.1, 0.15) is 33.1 Å². The van der Waals surface area contributed by atoms with Crippen LogP contribution in [0.4, 0.5) is 5.95 Å². The van der Waals surface area contributed by atoms with Gasteiger partial charge in [-0.2, -0.15) is 0 Å². The highest BCUT2D eigenvalue weighted by atomic mass is 16.3. The molecule has 0 aliphatic carbocycles. The summed E-state index contributed by atoms with van der Waals surface area (Å²) in [5, 5.41) is 12.2. The quantitative estimate of drug-likeness (QED) is 0.882. The first-order valence-corrected chi connectivity index (χ1v) is 8.73. The average Bonchev–Trinajstić information content (AvgIpc) is 2.90. The molecule has 2 aromatic rings. The van der Waals surface area contributed by atoms with Gasteiger partial charge in [0.2, 0.25) is 11.9 Å². The lowest BCUT2D eigenvalue weighted by atomic mass is 9.97. The van der Waals surface area contributed by atoms with Gasteiger partial charge in [-0.1, -0.05) is 12.1 Å². The van der Waals surface area contributed by atoms with Crippen LogP contribution in [0.2, 0.25) is 0 Å². The van der Waals surface area contributed by atoms with Crippen LogP contribution in [-0.2, 0) is 11.3 Å². The molecule has 2 unspecified atom stereocenters. The molecule has 130 valence electrons. The molecule has 2 N–H and O–H groups in total. The zero-order valence-electron chi connectivity index (χ0n) is 14.4. The number of aliphatic hydroxyl groups excluding tert-OH is 1. The van der Waals surface area contributed by atoms with Crippen molar-refractivity contribution < 1.29 is 9.90 Å². The molecule has 1 aliphatic heterocycles. The predicted molar refractivity (Wildman–Crippen MR) is 94.9 cm³/mol. The van der Waals surface area contributed by atoms with Gasteiger partial charge >= 0.3 is 0 Å². The Labute approximate surface area is 142 Å². The van der Waals surface area contributed by atoms with E-state index in [1.165, 1.54) is 6.42 Å². The third-order valence-corrected chi connectivity index (χ3v) is 4.82. The fraction of sp³-hybridized carbons (Fsp3) is 0.556. The van der Waals surface area contributed by atoms with Crippen LogP contribution in [0, 0.1) is 0 Å². The number of carbonyl (C=O) groups is 1. The number of anilines is 1. The van der Waals surface area contributed by atoms with Crippen molar-refractivity contribution in [2.75, 3.05) is 18.5 Å². The molecule has 1 aliphatic rings. The summed E-state index contributed by atoms with van der Waals surface area (Å²) < 4.78 is 1.92. The van der Waals surface area contributed by atoms with Crippen molar-refractivity contribution in [3.8, 4) is 0 Å². The number of nitrogens with zero attached hydrogens (tertiary/aromatic N) is 3. The number of aromatic nitrogens is 2. The highest BCUT2D eigenvalue weighted by Gasteiger charge is 2.29. The molecule has 0 radical (unpaired) electrons. The van der Waals surface area contributed by atoms with Crippen LogP contribution in [0.3, 0.4) is 0 Å². The summed E-state index contributed by atoms with van der Waals surface area (Å²) in [6, 6.07) is 8.36. The lowest BCUT2D eigenvalue weighted by Crippen LogP contribution is -2.48. The van der Waals surface area contributed by atoms with Gasteiger partial charge in [-0.15, -0.1) is 0 Å². The number of hydrogen-bond acceptors (Lipinski definition) is 4. The molecule has 2 atom stereocenters. The van der Waals surface area contributed by atoms with Gasteiger partial charge in [0.1, 0.15) is 6.54 Å². The van der Waals surface area contributed by atoms with E-state index >= 15 is 0 Å². The number of carbonyl (C=O) groups excluding carboxylic acids is 1. The van der Waals surface area contributed by atoms with Gasteiger partial charge in [-0.05, 0) is 45.2 Å². The molecular weight excluding hydrogens is 304 g/mol. The fourth-order valence-electron chi connectivity index (χ4n) is 3.67. The van der Waals surface area contributed by atoms with E-state index in [2.05, 4.69) is 24.1 Å². The number of hydrogen-bond donors (Lipinski definition) is 2. The molecule has 1 fully saturated rings. The molecule has 0 spiro atoms. The number of aliphatic hydroxyl groups is 1. The SMILES string of the molecule is CC1CCCC(C)N1C(=O)Cn1c(NCCO)nc2ccccc21. The number of fused-ring (bicyclic) bond motifs is 1. The van der Waals surface area contributed by atoms with Gasteiger partial charge in [-0.3, -0.25) is 4.79 Å². The van der Waals surface area contributed by atoms with E-state index in [-0.39, 0.29) is 31.1 Å².